The summed E-state index contributed by atoms with van der Waals surface area (Å²) in [5.41, 5.74) is 2.44. The van der Waals surface area contributed by atoms with Gasteiger partial charge in [0, 0.05) is 6.20 Å². The minimum atomic E-state index is -0.443. The molecule has 0 radical (unpaired) electrons. The van der Waals surface area contributed by atoms with Crippen molar-refractivity contribution in [3.63, 3.8) is 0 Å². The highest BCUT2D eigenvalue weighted by atomic mass is 35.5. The average Bonchev–Trinajstić information content (AvgIpc) is 2.18. The second-order valence-corrected chi connectivity index (χ2v) is 3.15. The number of pyridine rings is 1. The van der Waals surface area contributed by atoms with E-state index in [2.05, 4.69) is 10.5 Å². The smallest absolute Gasteiger partial charge is 0.274 e. The molecular formula is C8H8Cl2N2O2. The summed E-state index contributed by atoms with van der Waals surface area (Å²) in [4.78, 5) is 19.8. The molecule has 0 aromatic carbocycles. The fourth-order valence-corrected chi connectivity index (χ4v) is 1.13. The molecule has 0 bridgehead atoms. The Bertz CT molecular complexity index is 344. The average molecular weight is 235 g/mol. The second-order valence-electron chi connectivity index (χ2n) is 2.35. The Morgan fingerprint density at radius 2 is 2.36 bits per heavy atom. The van der Waals surface area contributed by atoms with Gasteiger partial charge in [0.25, 0.3) is 5.91 Å². The Morgan fingerprint density at radius 1 is 1.64 bits per heavy atom. The third-order valence-electron chi connectivity index (χ3n) is 1.38. The van der Waals surface area contributed by atoms with Crippen molar-refractivity contribution in [3.05, 3.63) is 28.0 Å². The molecule has 1 N–H and O–H groups in total. The zero-order valence-corrected chi connectivity index (χ0v) is 8.89. The van der Waals surface area contributed by atoms with Crippen LogP contribution in [0, 0.1) is 0 Å². The number of nitrogens with one attached hydrogen (secondary N) is 1. The minimum Gasteiger partial charge on any atom is -0.274 e. The van der Waals surface area contributed by atoms with Gasteiger partial charge in [0.05, 0.1) is 17.2 Å². The van der Waals surface area contributed by atoms with Crippen LogP contribution in [0.3, 0.4) is 0 Å². The highest BCUT2D eigenvalue weighted by molar-refractivity contribution is 6.35. The molecule has 0 aliphatic rings. The van der Waals surface area contributed by atoms with Gasteiger partial charge in [0.15, 0.2) is 0 Å². The van der Waals surface area contributed by atoms with Gasteiger partial charge in [-0.1, -0.05) is 23.2 Å². The van der Waals surface area contributed by atoms with E-state index in [1.54, 1.807) is 6.92 Å². The molecule has 14 heavy (non-hydrogen) atoms. The van der Waals surface area contributed by atoms with Crippen molar-refractivity contribution in [1.29, 1.82) is 0 Å². The first-order valence-electron chi connectivity index (χ1n) is 3.88. The van der Waals surface area contributed by atoms with Crippen LogP contribution in [0.5, 0.6) is 0 Å². The molecule has 1 aromatic heterocycles. The van der Waals surface area contributed by atoms with Crippen molar-refractivity contribution in [2.75, 3.05) is 6.61 Å². The van der Waals surface area contributed by atoms with E-state index in [9.17, 15) is 4.79 Å². The fourth-order valence-electron chi connectivity index (χ4n) is 0.780. The van der Waals surface area contributed by atoms with E-state index in [0.717, 1.165) is 0 Å². The molecule has 76 valence electrons. The van der Waals surface area contributed by atoms with Gasteiger partial charge in [-0.3, -0.25) is 9.63 Å². The lowest BCUT2D eigenvalue weighted by Gasteiger charge is -2.05. The minimum absolute atomic E-state index is 0.205. The molecule has 0 fully saturated rings. The van der Waals surface area contributed by atoms with Crippen LogP contribution in [0.1, 0.15) is 17.3 Å². The van der Waals surface area contributed by atoms with Gasteiger partial charge >= 0.3 is 0 Å². The molecule has 0 spiro atoms. The van der Waals surface area contributed by atoms with Crippen molar-refractivity contribution in [2.45, 2.75) is 6.92 Å². The number of rotatable bonds is 3. The molecular weight excluding hydrogens is 227 g/mol. The summed E-state index contributed by atoms with van der Waals surface area (Å²) in [6.45, 7) is 2.13. The first kappa shape index (κ1) is 11.2. The number of hydroxylamine groups is 1. The van der Waals surface area contributed by atoms with Crippen molar-refractivity contribution in [1.82, 2.24) is 10.5 Å². The number of aromatic nitrogens is 1. The molecule has 1 amide bonds. The lowest BCUT2D eigenvalue weighted by Crippen LogP contribution is -2.23. The van der Waals surface area contributed by atoms with Crippen LogP contribution in [-0.2, 0) is 4.84 Å². The Hall–Kier alpha value is -0.840. The van der Waals surface area contributed by atoms with Gasteiger partial charge in [0.1, 0.15) is 5.15 Å². The topological polar surface area (TPSA) is 51.2 Å². The SMILES string of the molecule is CCONC(=O)c1cc(Cl)ncc1Cl. The van der Waals surface area contributed by atoms with E-state index in [0.29, 0.717) is 6.61 Å². The van der Waals surface area contributed by atoms with Crippen LogP contribution in [0.4, 0.5) is 0 Å². The second kappa shape index (κ2) is 5.14. The van der Waals surface area contributed by atoms with Crippen LogP contribution in [-0.4, -0.2) is 17.5 Å². The van der Waals surface area contributed by atoms with Crippen LogP contribution >= 0.6 is 23.2 Å². The quantitative estimate of drug-likeness (QED) is 0.644. The van der Waals surface area contributed by atoms with Gasteiger partial charge in [-0.25, -0.2) is 10.5 Å². The Labute approximate surface area is 91.1 Å². The van der Waals surface area contributed by atoms with Gasteiger partial charge in [-0.05, 0) is 13.0 Å². The molecule has 0 saturated heterocycles. The van der Waals surface area contributed by atoms with Crippen LogP contribution in [0.15, 0.2) is 12.3 Å². The van der Waals surface area contributed by atoms with Crippen molar-refractivity contribution < 1.29 is 9.63 Å². The summed E-state index contributed by atoms with van der Waals surface area (Å²) in [5, 5.41) is 0.433. The van der Waals surface area contributed by atoms with E-state index >= 15 is 0 Å². The standard InChI is InChI=1S/C8H8Cl2N2O2/c1-2-14-12-8(13)5-3-7(10)11-4-6(5)9/h3-4H,2H2,1H3,(H,12,13). The third-order valence-corrected chi connectivity index (χ3v) is 1.88. The highest BCUT2D eigenvalue weighted by Crippen LogP contribution is 2.17. The fraction of sp³-hybridized carbons (Fsp3) is 0.250. The van der Waals surface area contributed by atoms with E-state index in [1.165, 1.54) is 12.3 Å². The molecule has 0 aliphatic carbocycles. The molecule has 4 nitrogen and oxygen atoms in total. The van der Waals surface area contributed by atoms with Crippen molar-refractivity contribution in [3.8, 4) is 0 Å². The summed E-state index contributed by atoms with van der Waals surface area (Å²) >= 11 is 11.3. The van der Waals surface area contributed by atoms with E-state index < -0.39 is 5.91 Å². The van der Waals surface area contributed by atoms with Gasteiger partial charge in [-0.15, -0.1) is 0 Å². The van der Waals surface area contributed by atoms with E-state index in [-0.39, 0.29) is 15.7 Å². The molecule has 1 aromatic rings. The molecule has 0 atom stereocenters. The number of hydrogen-bond donors (Lipinski definition) is 1. The maximum atomic E-state index is 11.4. The summed E-state index contributed by atoms with van der Waals surface area (Å²) in [6, 6.07) is 1.37. The zero-order valence-electron chi connectivity index (χ0n) is 7.38. The molecule has 0 unspecified atom stereocenters. The van der Waals surface area contributed by atoms with Crippen LogP contribution in [0.2, 0.25) is 10.2 Å². The highest BCUT2D eigenvalue weighted by Gasteiger charge is 2.11. The Balaban J connectivity index is 2.83. The summed E-state index contributed by atoms with van der Waals surface area (Å²) in [6.07, 6.45) is 1.31. The molecule has 6 heteroatoms. The molecule has 1 heterocycles. The van der Waals surface area contributed by atoms with E-state index in [4.69, 9.17) is 28.0 Å². The van der Waals surface area contributed by atoms with Crippen molar-refractivity contribution in [2.24, 2.45) is 0 Å². The van der Waals surface area contributed by atoms with Crippen LogP contribution in [0.25, 0.3) is 0 Å². The molecule has 1 rings (SSSR count). The number of halogens is 2. The zero-order chi connectivity index (χ0) is 10.6. The third kappa shape index (κ3) is 2.83. The largest absolute Gasteiger partial charge is 0.276 e. The number of carbonyl (C=O) groups is 1. The monoisotopic (exact) mass is 234 g/mol. The maximum absolute atomic E-state index is 11.4. The number of carbonyl (C=O) groups excluding carboxylic acids is 1. The predicted octanol–water partition coefficient (Wildman–Crippen LogP) is 2.07. The normalized spacial score (nSPS) is 9.93. The molecule has 0 saturated carbocycles. The first-order chi connectivity index (χ1) is 6.65. The van der Waals surface area contributed by atoms with Crippen molar-refractivity contribution >= 4 is 29.1 Å². The first-order valence-corrected chi connectivity index (χ1v) is 4.64. The Kier molecular flexibility index (Phi) is 4.13. The van der Waals surface area contributed by atoms with E-state index in [1.807, 2.05) is 0 Å². The number of amides is 1. The summed E-state index contributed by atoms with van der Waals surface area (Å²) in [5.74, 6) is -0.443. The van der Waals surface area contributed by atoms with Gasteiger partial charge in [0.2, 0.25) is 0 Å². The van der Waals surface area contributed by atoms with Crippen LogP contribution < -0.4 is 5.48 Å². The number of nitrogens with zero attached hydrogens (tertiary/aromatic N) is 1. The predicted molar refractivity (Wildman–Crippen MR) is 53.3 cm³/mol. The van der Waals surface area contributed by atoms with Gasteiger partial charge in [-0.2, -0.15) is 0 Å². The maximum Gasteiger partial charge on any atom is 0.276 e. The lowest BCUT2D eigenvalue weighted by atomic mass is 10.2. The summed E-state index contributed by atoms with van der Waals surface area (Å²) < 4.78 is 0. The summed E-state index contributed by atoms with van der Waals surface area (Å²) in [7, 11) is 0. The lowest BCUT2D eigenvalue weighted by molar-refractivity contribution is 0.0364. The number of hydrogen-bond acceptors (Lipinski definition) is 3. The Morgan fingerprint density at radius 3 is 3.00 bits per heavy atom. The van der Waals surface area contributed by atoms with Gasteiger partial charge < -0.3 is 0 Å². The molecule has 0 aliphatic heterocycles.